The maximum atomic E-state index is 9.39. The number of hydrogen-bond donors (Lipinski definition) is 2. The summed E-state index contributed by atoms with van der Waals surface area (Å²) in [4.78, 5) is 0. The second kappa shape index (κ2) is 7.27. The molecule has 0 unspecified atom stereocenters. The van der Waals surface area contributed by atoms with Crippen LogP contribution < -0.4 is 10.1 Å². The van der Waals surface area contributed by atoms with E-state index < -0.39 is 7.12 Å². The monoisotopic (exact) mass is 333 g/mol. The van der Waals surface area contributed by atoms with Gasteiger partial charge in [-0.15, -0.1) is 0 Å². The number of methoxy groups -OCH3 is 1. The van der Waals surface area contributed by atoms with E-state index in [0.29, 0.717) is 6.54 Å². The highest BCUT2D eigenvalue weighted by Gasteiger charge is 2.52. The van der Waals surface area contributed by atoms with E-state index in [0.717, 1.165) is 22.3 Å². The molecule has 1 heterocycles. The van der Waals surface area contributed by atoms with Crippen LogP contribution in [0.25, 0.3) is 6.08 Å². The molecule has 0 amide bonds. The third-order valence-electron chi connectivity index (χ3n) is 4.75. The van der Waals surface area contributed by atoms with Gasteiger partial charge in [0, 0.05) is 12.1 Å². The lowest BCUT2D eigenvalue weighted by molar-refractivity contribution is 0.00578. The molecule has 5 nitrogen and oxygen atoms in total. The number of ether oxygens (including phenoxy) is 1. The van der Waals surface area contributed by atoms with E-state index >= 15 is 0 Å². The van der Waals surface area contributed by atoms with Crippen LogP contribution >= 0.6 is 0 Å². The average molecular weight is 333 g/mol. The highest BCUT2D eigenvalue weighted by Crippen LogP contribution is 2.39. The van der Waals surface area contributed by atoms with E-state index in [1.807, 2.05) is 59.0 Å². The molecule has 1 aliphatic heterocycles. The Hall–Kier alpha value is -1.34. The molecule has 132 valence electrons. The van der Waals surface area contributed by atoms with Crippen LogP contribution in [-0.4, -0.2) is 44.1 Å². The van der Waals surface area contributed by atoms with E-state index in [1.165, 1.54) is 0 Å². The second-order valence-electron chi connectivity index (χ2n) is 7.07. The summed E-state index contributed by atoms with van der Waals surface area (Å²) < 4.78 is 17.8. The highest BCUT2D eigenvalue weighted by molar-refractivity contribution is 6.56. The fourth-order valence-corrected chi connectivity index (χ4v) is 2.60. The van der Waals surface area contributed by atoms with E-state index in [-0.39, 0.29) is 17.8 Å². The first-order valence-electron chi connectivity index (χ1n) is 8.22. The van der Waals surface area contributed by atoms with Crippen LogP contribution in [0.4, 0.5) is 0 Å². The van der Waals surface area contributed by atoms with Gasteiger partial charge in [0.05, 0.1) is 24.9 Å². The van der Waals surface area contributed by atoms with Crippen LogP contribution in [0.5, 0.6) is 5.75 Å². The second-order valence-corrected chi connectivity index (χ2v) is 7.07. The topological polar surface area (TPSA) is 60.0 Å². The Morgan fingerprint density at radius 2 is 1.88 bits per heavy atom. The lowest BCUT2D eigenvalue weighted by Gasteiger charge is -2.32. The van der Waals surface area contributed by atoms with Gasteiger partial charge in [0.15, 0.2) is 0 Å². The summed E-state index contributed by atoms with van der Waals surface area (Å²) in [6.45, 7) is 8.77. The summed E-state index contributed by atoms with van der Waals surface area (Å²) in [5, 5.41) is 12.6. The maximum absolute atomic E-state index is 9.39. The van der Waals surface area contributed by atoms with Crippen molar-refractivity contribution in [3.05, 3.63) is 34.8 Å². The molecule has 2 rings (SSSR count). The summed E-state index contributed by atoms with van der Waals surface area (Å²) in [6.07, 6.45) is 2.01. The zero-order chi connectivity index (χ0) is 18.0. The van der Waals surface area contributed by atoms with Gasteiger partial charge in [-0.05, 0) is 57.9 Å². The Kier molecular flexibility index (Phi) is 5.76. The molecule has 0 aromatic heterocycles. The Bertz CT molecular complexity index is 597. The van der Waals surface area contributed by atoms with Crippen molar-refractivity contribution in [3.63, 3.8) is 0 Å². The van der Waals surface area contributed by atoms with Crippen molar-refractivity contribution < 1.29 is 19.2 Å². The van der Waals surface area contributed by atoms with Gasteiger partial charge in [0.1, 0.15) is 5.75 Å². The molecule has 1 saturated heterocycles. The smallest absolute Gasteiger partial charge is 0.491 e. The van der Waals surface area contributed by atoms with Gasteiger partial charge in [0.25, 0.3) is 0 Å². The standard InChI is InChI=1S/C18H28BNO4/c1-17(2)18(3,4)24-19(23-17)15(11-20-5)10-14-9-13(12-21)7-8-16(14)22-6/h7-10,20-21H,11-12H2,1-6H3. The zero-order valence-electron chi connectivity index (χ0n) is 15.5. The first kappa shape index (κ1) is 19.0. The zero-order valence-corrected chi connectivity index (χ0v) is 15.5. The van der Waals surface area contributed by atoms with Gasteiger partial charge in [-0.25, -0.2) is 0 Å². The number of rotatable bonds is 6. The van der Waals surface area contributed by atoms with Crippen molar-refractivity contribution in [3.8, 4) is 5.75 Å². The van der Waals surface area contributed by atoms with Gasteiger partial charge in [0.2, 0.25) is 0 Å². The van der Waals surface area contributed by atoms with Gasteiger partial charge < -0.3 is 24.5 Å². The first-order valence-corrected chi connectivity index (χ1v) is 8.22. The van der Waals surface area contributed by atoms with Crippen molar-refractivity contribution in [2.24, 2.45) is 0 Å². The number of benzene rings is 1. The minimum absolute atomic E-state index is 0.0112. The average Bonchev–Trinajstić information content (AvgIpc) is 2.74. The number of nitrogens with one attached hydrogen (secondary N) is 1. The van der Waals surface area contributed by atoms with Gasteiger partial charge in [-0.1, -0.05) is 12.1 Å². The normalized spacial score (nSPS) is 19.6. The van der Waals surface area contributed by atoms with Crippen molar-refractivity contribution in [2.75, 3.05) is 20.7 Å². The van der Waals surface area contributed by atoms with Crippen molar-refractivity contribution in [1.82, 2.24) is 5.32 Å². The van der Waals surface area contributed by atoms with E-state index in [4.69, 9.17) is 14.0 Å². The van der Waals surface area contributed by atoms with E-state index in [9.17, 15) is 5.11 Å². The number of aliphatic hydroxyl groups excluding tert-OH is 1. The molecule has 24 heavy (non-hydrogen) atoms. The molecule has 0 bridgehead atoms. The predicted molar refractivity (Wildman–Crippen MR) is 96.9 cm³/mol. The molecule has 0 radical (unpaired) electrons. The molecule has 1 fully saturated rings. The molecule has 0 atom stereocenters. The highest BCUT2D eigenvalue weighted by atomic mass is 16.7. The summed E-state index contributed by atoms with van der Waals surface area (Å²) in [6, 6.07) is 5.63. The van der Waals surface area contributed by atoms with E-state index in [1.54, 1.807) is 7.11 Å². The molecule has 6 heteroatoms. The Labute approximate surface area is 145 Å². The third kappa shape index (κ3) is 3.83. The fourth-order valence-electron chi connectivity index (χ4n) is 2.60. The van der Waals surface area contributed by atoms with Crippen LogP contribution in [0.2, 0.25) is 0 Å². The summed E-state index contributed by atoms with van der Waals surface area (Å²) >= 11 is 0. The SMILES string of the molecule is CNCC(=Cc1cc(CO)ccc1OC)B1OC(C)(C)C(C)(C)O1. The lowest BCUT2D eigenvalue weighted by atomic mass is 9.77. The summed E-state index contributed by atoms with van der Waals surface area (Å²) in [7, 11) is 3.10. The van der Waals surface area contributed by atoms with Crippen LogP contribution in [0, 0.1) is 0 Å². The van der Waals surface area contributed by atoms with Crippen LogP contribution in [0.3, 0.4) is 0 Å². The van der Waals surface area contributed by atoms with Crippen molar-refractivity contribution >= 4 is 13.2 Å². The van der Waals surface area contributed by atoms with Gasteiger partial charge >= 0.3 is 7.12 Å². The number of likely N-dealkylation sites (N-methyl/N-ethyl adjacent to an activating group) is 1. The molecule has 1 aromatic rings. The Balaban J connectivity index is 2.40. The fraction of sp³-hybridized carbons (Fsp3) is 0.556. The minimum atomic E-state index is -0.426. The first-order chi connectivity index (χ1) is 11.2. The third-order valence-corrected chi connectivity index (χ3v) is 4.75. The molecule has 0 saturated carbocycles. The molecule has 0 spiro atoms. The lowest BCUT2D eigenvalue weighted by Crippen LogP contribution is -2.41. The number of aliphatic hydroxyl groups is 1. The summed E-state index contributed by atoms with van der Waals surface area (Å²) in [5.41, 5.74) is 1.93. The minimum Gasteiger partial charge on any atom is -0.496 e. The summed E-state index contributed by atoms with van der Waals surface area (Å²) in [5.74, 6) is 0.748. The van der Waals surface area contributed by atoms with Crippen LogP contribution in [-0.2, 0) is 15.9 Å². The maximum Gasteiger partial charge on any atom is 0.491 e. The molecule has 1 aliphatic rings. The molecular weight excluding hydrogens is 305 g/mol. The van der Waals surface area contributed by atoms with Crippen molar-refractivity contribution in [2.45, 2.75) is 45.5 Å². The van der Waals surface area contributed by atoms with Crippen LogP contribution in [0.15, 0.2) is 23.7 Å². The molecular formula is C18H28BNO4. The largest absolute Gasteiger partial charge is 0.496 e. The van der Waals surface area contributed by atoms with E-state index in [2.05, 4.69) is 5.32 Å². The number of hydrogen-bond acceptors (Lipinski definition) is 5. The Morgan fingerprint density at radius 3 is 2.38 bits per heavy atom. The molecule has 2 N–H and O–H groups in total. The molecule has 0 aliphatic carbocycles. The quantitative estimate of drug-likeness (QED) is 0.783. The van der Waals surface area contributed by atoms with Crippen molar-refractivity contribution in [1.29, 1.82) is 0 Å². The Morgan fingerprint density at radius 1 is 1.25 bits per heavy atom. The van der Waals surface area contributed by atoms with Crippen LogP contribution in [0.1, 0.15) is 38.8 Å². The predicted octanol–water partition coefficient (Wildman–Crippen LogP) is 2.42. The van der Waals surface area contributed by atoms with Gasteiger partial charge in [-0.2, -0.15) is 0 Å². The molecule has 1 aromatic carbocycles. The van der Waals surface area contributed by atoms with Gasteiger partial charge in [-0.3, -0.25) is 0 Å².